The normalized spacial score (nSPS) is 16.4. The first-order valence-electron chi connectivity index (χ1n) is 8.82. The number of esters is 1. The molecule has 1 atom stereocenters. The SMILES string of the molecule is COC(=O)C1=C(C)N=c2s/c(=C/c3ccc(OC)cc3)c(=O)n2[C@@H]1c1cccs1. The molecule has 2 aromatic heterocycles. The highest BCUT2D eigenvalue weighted by molar-refractivity contribution is 7.10. The second kappa shape index (κ2) is 7.81. The number of aromatic nitrogens is 1. The molecule has 0 N–H and O–H groups in total. The summed E-state index contributed by atoms with van der Waals surface area (Å²) in [5.41, 5.74) is 1.65. The third kappa shape index (κ3) is 3.45. The van der Waals surface area contributed by atoms with Crippen molar-refractivity contribution in [2.75, 3.05) is 14.2 Å². The molecule has 1 aliphatic heterocycles. The first-order chi connectivity index (χ1) is 14.0. The molecule has 1 aromatic carbocycles. The summed E-state index contributed by atoms with van der Waals surface area (Å²) in [7, 11) is 2.95. The van der Waals surface area contributed by atoms with Gasteiger partial charge >= 0.3 is 5.97 Å². The fraction of sp³-hybridized carbons (Fsp3) is 0.190. The maximum Gasteiger partial charge on any atom is 0.338 e. The molecule has 8 heteroatoms. The molecule has 0 saturated heterocycles. The largest absolute Gasteiger partial charge is 0.497 e. The zero-order valence-electron chi connectivity index (χ0n) is 16.0. The Morgan fingerprint density at radius 3 is 2.59 bits per heavy atom. The number of carbonyl (C=O) groups excluding carboxylic acids is 1. The van der Waals surface area contributed by atoms with Gasteiger partial charge in [0.1, 0.15) is 11.8 Å². The lowest BCUT2D eigenvalue weighted by atomic mass is 10.0. The first kappa shape index (κ1) is 19.4. The maximum absolute atomic E-state index is 13.3. The minimum Gasteiger partial charge on any atom is -0.497 e. The number of hydrogen-bond donors (Lipinski definition) is 0. The van der Waals surface area contributed by atoms with E-state index in [-0.39, 0.29) is 5.56 Å². The van der Waals surface area contributed by atoms with E-state index in [0.717, 1.165) is 16.2 Å². The Balaban J connectivity index is 1.92. The van der Waals surface area contributed by atoms with Crippen molar-refractivity contribution >= 4 is 34.7 Å². The lowest BCUT2D eigenvalue weighted by Gasteiger charge is -2.22. The Morgan fingerprint density at radius 2 is 1.97 bits per heavy atom. The minimum atomic E-state index is -0.545. The number of carbonyl (C=O) groups is 1. The molecule has 0 bridgehead atoms. The van der Waals surface area contributed by atoms with Crippen molar-refractivity contribution in [3.05, 3.63) is 83.2 Å². The van der Waals surface area contributed by atoms with Gasteiger partial charge in [0.25, 0.3) is 5.56 Å². The lowest BCUT2D eigenvalue weighted by Crippen LogP contribution is -2.39. The van der Waals surface area contributed by atoms with Crippen molar-refractivity contribution in [3.8, 4) is 5.75 Å². The zero-order chi connectivity index (χ0) is 20.5. The number of nitrogens with zero attached hydrogens (tertiary/aromatic N) is 2. The Hall–Kier alpha value is -2.97. The molecular weight excluding hydrogens is 408 g/mol. The Morgan fingerprint density at radius 1 is 1.21 bits per heavy atom. The van der Waals surface area contributed by atoms with Crippen LogP contribution in [0.1, 0.15) is 23.4 Å². The molecule has 0 radical (unpaired) electrons. The van der Waals surface area contributed by atoms with Gasteiger partial charge in [0, 0.05) is 4.88 Å². The molecule has 0 spiro atoms. The van der Waals surface area contributed by atoms with Crippen LogP contribution in [0.15, 0.2) is 62.8 Å². The van der Waals surface area contributed by atoms with Gasteiger partial charge in [-0.15, -0.1) is 11.3 Å². The summed E-state index contributed by atoms with van der Waals surface area (Å²) in [5, 5.41) is 1.92. The van der Waals surface area contributed by atoms with Gasteiger partial charge in [0.15, 0.2) is 4.80 Å². The van der Waals surface area contributed by atoms with Gasteiger partial charge in [-0.05, 0) is 42.1 Å². The van der Waals surface area contributed by atoms with Crippen LogP contribution in [0.3, 0.4) is 0 Å². The number of methoxy groups -OCH3 is 2. The van der Waals surface area contributed by atoms with Crippen molar-refractivity contribution in [3.63, 3.8) is 0 Å². The summed E-state index contributed by atoms with van der Waals surface area (Å²) in [6.07, 6.45) is 1.83. The van der Waals surface area contributed by atoms with Crippen LogP contribution in [0.4, 0.5) is 0 Å². The second-order valence-electron chi connectivity index (χ2n) is 6.36. The molecule has 6 nitrogen and oxygen atoms in total. The number of thiazole rings is 1. The van der Waals surface area contributed by atoms with Crippen LogP contribution in [0.5, 0.6) is 5.75 Å². The number of thiophene rings is 1. The highest BCUT2D eigenvalue weighted by Gasteiger charge is 2.33. The summed E-state index contributed by atoms with van der Waals surface area (Å²) in [6, 6.07) is 10.7. The van der Waals surface area contributed by atoms with Crippen LogP contribution in [-0.4, -0.2) is 24.8 Å². The molecular formula is C21H18N2O4S2. The van der Waals surface area contributed by atoms with E-state index in [0.29, 0.717) is 20.6 Å². The van der Waals surface area contributed by atoms with Gasteiger partial charge < -0.3 is 9.47 Å². The molecule has 3 aromatic rings. The quantitative estimate of drug-likeness (QED) is 0.601. The first-order valence-corrected chi connectivity index (χ1v) is 10.5. The third-order valence-electron chi connectivity index (χ3n) is 4.65. The highest BCUT2D eigenvalue weighted by atomic mass is 32.1. The molecule has 0 amide bonds. The number of fused-ring (bicyclic) bond motifs is 1. The fourth-order valence-corrected chi connectivity index (χ4v) is 5.13. The second-order valence-corrected chi connectivity index (χ2v) is 8.35. The molecule has 0 aliphatic carbocycles. The van der Waals surface area contributed by atoms with E-state index in [1.165, 1.54) is 29.8 Å². The van der Waals surface area contributed by atoms with Gasteiger partial charge in [-0.1, -0.05) is 29.5 Å². The standard InChI is InChI=1S/C21H18N2O4S2/c1-12-17(20(25)27-3)18(15-5-4-10-28-15)23-19(24)16(29-21(23)22-12)11-13-6-8-14(26-2)9-7-13/h4-11,18H,1-3H3/b16-11+/t18-/m1/s1. The number of hydrogen-bond acceptors (Lipinski definition) is 7. The van der Waals surface area contributed by atoms with Gasteiger partial charge in [0.2, 0.25) is 0 Å². The number of ether oxygens (including phenoxy) is 2. The predicted octanol–water partition coefficient (Wildman–Crippen LogP) is 2.48. The predicted molar refractivity (Wildman–Crippen MR) is 113 cm³/mol. The van der Waals surface area contributed by atoms with Crippen LogP contribution >= 0.6 is 22.7 Å². The van der Waals surface area contributed by atoms with Gasteiger partial charge in [-0.2, -0.15) is 0 Å². The highest BCUT2D eigenvalue weighted by Crippen LogP contribution is 2.32. The van der Waals surface area contributed by atoms with E-state index in [4.69, 9.17) is 9.47 Å². The molecule has 3 heterocycles. The van der Waals surface area contributed by atoms with Gasteiger partial charge in [-0.25, -0.2) is 9.79 Å². The average Bonchev–Trinajstić information content (AvgIpc) is 3.36. The fourth-order valence-electron chi connectivity index (χ4n) is 3.26. The van der Waals surface area contributed by atoms with E-state index in [9.17, 15) is 9.59 Å². The van der Waals surface area contributed by atoms with Crippen LogP contribution < -0.4 is 19.6 Å². The smallest absolute Gasteiger partial charge is 0.338 e. The van der Waals surface area contributed by atoms with Crippen molar-refractivity contribution in [1.29, 1.82) is 0 Å². The third-order valence-corrected chi connectivity index (χ3v) is 6.56. The Bertz CT molecular complexity index is 1270. The number of benzene rings is 1. The number of allylic oxidation sites excluding steroid dienone is 1. The summed E-state index contributed by atoms with van der Waals surface area (Å²) >= 11 is 2.80. The van der Waals surface area contributed by atoms with Crippen LogP contribution in [-0.2, 0) is 9.53 Å². The lowest BCUT2D eigenvalue weighted by molar-refractivity contribution is -0.136. The van der Waals surface area contributed by atoms with Crippen molar-refractivity contribution in [1.82, 2.24) is 4.57 Å². The number of rotatable bonds is 4. The maximum atomic E-state index is 13.3. The molecule has 29 heavy (non-hydrogen) atoms. The van der Waals surface area contributed by atoms with Crippen molar-refractivity contribution in [2.45, 2.75) is 13.0 Å². The van der Waals surface area contributed by atoms with E-state index in [1.807, 2.05) is 47.9 Å². The van der Waals surface area contributed by atoms with Gasteiger partial charge in [-0.3, -0.25) is 9.36 Å². The van der Waals surface area contributed by atoms with Crippen molar-refractivity contribution in [2.24, 2.45) is 4.99 Å². The zero-order valence-corrected chi connectivity index (χ0v) is 17.7. The summed E-state index contributed by atoms with van der Waals surface area (Å²) in [5.74, 6) is 0.272. The molecule has 1 aliphatic rings. The molecule has 0 fully saturated rings. The Labute approximate surface area is 174 Å². The van der Waals surface area contributed by atoms with Crippen LogP contribution in [0.25, 0.3) is 6.08 Å². The van der Waals surface area contributed by atoms with E-state index in [2.05, 4.69) is 4.99 Å². The van der Waals surface area contributed by atoms with Crippen LogP contribution in [0.2, 0.25) is 0 Å². The molecule has 4 rings (SSSR count). The van der Waals surface area contributed by atoms with E-state index >= 15 is 0 Å². The van der Waals surface area contributed by atoms with Crippen molar-refractivity contribution < 1.29 is 14.3 Å². The van der Waals surface area contributed by atoms with E-state index < -0.39 is 12.0 Å². The average molecular weight is 427 g/mol. The summed E-state index contributed by atoms with van der Waals surface area (Å²) in [4.78, 5) is 31.8. The minimum absolute atomic E-state index is 0.183. The topological polar surface area (TPSA) is 69.9 Å². The summed E-state index contributed by atoms with van der Waals surface area (Å²) < 4.78 is 12.3. The van der Waals surface area contributed by atoms with Gasteiger partial charge in [0.05, 0.1) is 30.0 Å². The molecule has 0 unspecified atom stereocenters. The molecule has 0 saturated carbocycles. The Kier molecular flexibility index (Phi) is 5.21. The summed E-state index contributed by atoms with van der Waals surface area (Å²) in [6.45, 7) is 1.77. The monoisotopic (exact) mass is 426 g/mol. The van der Waals surface area contributed by atoms with E-state index in [1.54, 1.807) is 18.6 Å². The van der Waals surface area contributed by atoms with Crippen LogP contribution in [0, 0.1) is 0 Å². The molecule has 148 valence electrons.